The Morgan fingerprint density at radius 1 is 1.06 bits per heavy atom. The van der Waals surface area contributed by atoms with Crippen LogP contribution in [0.25, 0.3) is 11.1 Å². The fourth-order valence-corrected chi connectivity index (χ4v) is 4.44. The van der Waals surface area contributed by atoms with E-state index in [1.165, 1.54) is 23.3 Å². The van der Waals surface area contributed by atoms with Crippen LogP contribution in [0.15, 0.2) is 54.6 Å². The number of ether oxygens (including phenoxy) is 1. The van der Waals surface area contributed by atoms with Crippen molar-refractivity contribution in [2.24, 2.45) is 0 Å². The molecule has 32 heavy (non-hydrogen) atoms. The van der Waals surface area contributed by atoms with Crippen molar-refractivity contribution in [1.82, 2.24) is 4.90 Å². The van der Waals surface area contributed by atoms with E-state index in [0.717, 1.165) is 41.8 Å². The molecule has 0 unspecified atom stereocenters. The second kappa shape index (κ2) is 8.19. The van der Waals surface area contributed by atoms with E-state index in [9.17, 15) is 14.3 Å². The Balaban J connectivity index is 1.29. The van der Waals surface area contributed by atoms with Gasteiger partial charge in [-0.1, -0.05) is 30.3 Å². The van der Waals surface area contributed by atoms with E-state index in [1.807, 2.05) is 18.2 Å². The lowest BCUT2D eigenvalue weighted by atomic mass is 9.93. The molecule has 1 atom stereocenters. The molecule has 0 amide bonds. The zero-order valence-corrected chi connectivity index (χ0v) is 17.3. The Bertz CT molecular complexity index is 1260. The number of halogens is 1. The number of carbonyl (C=O) groups excluding carboxylic acids is 1. The fourth-order valence-electron chi connectivity index (χ4n) is 4.44. The molecule has 0 bridgehead atoms. The van der Waals surface area contributed by atoms with Crippen LogP contribution in [0.4, 0.5) is 4.39 Å². The summed E-state index contributed by atoms with van der Waals surface area (Å²) >= 11 is 0. The van der Waals surface area contributed by atoms with Crippen LogP contribution in [0.5, 0.6) is 0 Å². The number of nitriles is 1. The highest BCUT2D eigenvalue weighted by Crippen LogP contribution is 2.29. The molecule has 0 spiro atoms. The summed E-state index contributed by atoms with van der Waals surface area (Å²) in [5.74, 6) is -0.817. The maximum atomic E-state index is 14.0. The highest BCUT2D eigenvalue weighted by Gasteiger charge is 2.24. The molecule has 0 saturated heterocycles. The molecule has 0 saturated carbocycles. The lowest BCUT2D eigenvalue weighted by Crippen LogP contribution is -2.34. The SMILES string of the molecule is N#Cc1ccc(-c2ccc3c(c2)CCN(C[C@H](O)c2ccc4c(c2)COC4=O)C3)cc1F. The van der Waals surface area contributed by atoms with Crippen molar-refractivity contribution in [2.75, 3.05) is 13.1 Å². The number of β-amino-alcohol motifs (C(OH)–C–C–N with tert-alkyl or cyclic N) is 1. The molecule has 3 aromatic carbocycles. The molecule has 1 N–H and O–H groups in total. The first-order valence-corrected chi connectivity index (χ1v) is 10.5. The zero-order valence-electron chi connectivity index (χ0n) is 17.3. The maximum Gasteiger partial charge on any atom is 0.338 e. The molecule has 5 nitrogen and oxygen atoms in total. The molecule has 6 heteroatoms. The van der Waals surface area contributed by atoms with Crippen molar-refractivity contribution in [3.05, 3.63) is 93.8 Å². The van der Waals surface area contributed by atoms with Crippen molar-refractivity contribution >= 4 is 5.97 Å². The second-order valence-corrected chi connectivity index (χ2v) is 8.28. The monoisotopic (exact) mass is 428 g/mol. The van der Waals surface area contributed by atoms with Crippen LogP contribution < -0.4 is 0 Å². The van der Waals surface area contributed by atoms with Crippen molar-refractivity contribution in [3.63, 3.8) is 0 Å². The molecule has 2 aliphatic heterocycles. The van der Waals surface area contributed by atoms with E-state index in [2.05, 4.69) is 17.0 Å². The smallest absolute Gasteiger partial charge is 0.338 e. The van der Waals surface area contributed by atoms with Crippen LogP contribution >= 0.6 is 0 Å². The van der Waals surface area contributed by atoms with E-state index < -0.39 is 11.9 Å². The Morgan fingerprint density at radius 3 is 2.69 bits per heavy atom. The third kappa shape index (κ3) is 3.77. The lowest BCUT2D eigenvalue weighted by molar-refractivity contribution is 0.0535. The van der Waals surface area contributed by atoms with Gasteiger partial charge >= 0.3 is 5.97 Å². The number of cyclic esters (lactones) is 1. The standard InChI is InChI=1S/C26H21FN2O3/c27-24-11-17(1-3-20(24)12-28)16-2-4-21-13-29(8-7-18(21)9-16)14-25(30)19-5-6-23-22(10-19)15-32-26(23)31/h1-6,9-11,25,30H,7-8,13-15H2/t25-/m0/s1. The summed E-state index contributed by atoms with van der Waals surface area (Å²) in [5, 5.41) is 19.7. The van der Waals surface area contributed by atoms with Crippen LogP contribution in [0.3, 0.4) is 0 Å². The second-order valence-electron chi connectivity index (χ2n) is 8.28. The average molecular weight is 428 g/mol. The van der Waals surface area contributed by atoms with Gasteiger partial charge in [-0.15, -0.1) is 0 Å². The zero-order chi connectivity index (χ0) is 22.2. The number of carbonyl (C=O) groups is 1. The fraction of sp³-hybridized carbons (Fsp3) is 0.231. The summed E-state index contributed by atoms with van der Waals surface area (Å²) < 4.78 is 19.0. The molecular formula is C26H21FN2O3. The molecule has 0 aromatic heterocycles. The molecule has 0 fully saturated rings. The highest BCUT2D eigenvalue weighted by atomic mass is 19.1. The number of rotatable bonds is 4. The molecule has 5 rings (SSSR count). The number of aliphatic hydroxyl groups excluding tert-OH is 1. The summed E-state index contributed by atoms with van der Waals surface area (Å²) in [6.07, 6.45) is 0.180. The van der Waals surface area contributed by atoms with Crippen LogP contribution in [-0.2, 0) is 24.3 Å². The molecular weight excluding hydrogens is 407 g/mol. The van der Waals surface area contributed by atoms with Gasteiger partial charge in [0.2, 0.25) is 0 Å². The highest BCUT2D eigenvalue weighted by molar-refractivity contribution is 5.93. The summed E-state index contributed by atoms with van der Waals surface area (Å²) in [4.78, 5) is 13.8. The van der Waals surface area contributed by atoms with Gasteiger partial charge in [0, 0.05) is 25.2 Å². The van der Waals surface area contributed by atoms with Gasteiger partial charge < -0.3 is 9.84 Å². The normalized spacial score (nSPS) is 16.1. The van der Waals surface area contributed by atoms with Gasteiger partial charge in [-0.3, -0.25) is 4.90 Å². The van der Waals surface area contributed by atoms with E-state index in [0.29, 0.717) is 12.1 Å². The Kier molecular flexibility index (Phi) is 5.22. The number of nitrogens with zero attached hydrogens (tertiary/aromatic N) is 2. The molecule has 0 radical (unpaired) electrons. The minimum atomic E-state index is -0.654. The number of esters is 1. The number of fused-ring (bicyclic) bond motifs is 2. The van der Waals surface area contributed by atoms with E-state index in [-0.39, 0.29) is 18.1 Å². The predicted molar refractivity (Wildman–Crippen MR) is 116 cm³/mol. The largest absolute Gasteiger partial charge is 0.457 e. The molecule has 160 valence electrons. The van der Waals surface area contributed by atoms with Crippen molar-refractivity contribution in [1.29, 1.82) is 5.26 Å². The van der Waals surface area contributed by atoms with E-state index >= 15 is 0 Å². The Labute approximate surface area is 185 Å². The third-order valence-corrected chi connectivity index (χ3v) is 6.24. The molecule has 3 aromatic rings. The lowest BCUT2D eigenvalue weighted by Gasteiger charge is -2.31. The average Bonchev–Trinajstić information content (AvgIpc) is 3.18. The van der Waals surface area contributed by atoms with Gasteiger partial charge in [0.1, 0.15) is 18.5 Å². The number of hydrogen-bond acceptors (Lipinski definition) is 5. The summed E-state index contributed by atoms with van der Waals surface area (Å²) in [7, 11) is 0. The number of aliphatic hydroxyl groups is 1. The van der Waals surface area contributed by atoms with Crippen LogP contribution in [-0.4, -0.2) is 29.1 Å². The van der Waals surface area contributed by atoms with Crippen molar-refractivity contribution in [3.8, 4) is 17.2 Å². The van der Waals surface area contributed by atoms with Gasteiger partial charge in [-0.2, -0.15) is 5.26 Å². The van der Waals surface area contributed by atoms with E-state index in [4.69, 9.17) is 10.00 Å². The van der Waals surface area contributed by atoms with E-state index in [1.54, 1.807) is 18.2 Å². The summed E-state index contributed by atoms with van der Waals surface area (Å²) in [6.45, 7) is 2.29. The maximum absolute atomic E-state index is 14.0. The van der Waals surface area contributed by atoms with Crippen LogP contribution in [0.1, 0.15) is 44.3 Å². The van der Waals surface area contributed by atoms with Crippen molar-refractivity contribution < 1.29 is 19.0 Å². The van der Waals surface area contributed by atoms with Gasteiger partial charge in [-0.25, -0.2) is 9.18 Å². The Morgan fingerprint density at radius 2 is 1.88 bits per heavy atom. The van der Waals surface area contributed by atoms with Gasteiger partial charge in [-0.05, 0) is 58.5 Å². The predicted octanol–water partition coefficient (Wildman–Crippen LogP) is 4.13. The number of hydrogen-bond donors (Lipinski definition) is 1. The minimum absolute atomic E-state index is 0.0448. The molecule has 0 aliphatic carbocycles. The topological polar surface area (TPSA) is 73.6 Å². The van der Waals surface area contributed by atoms with Gasteiger partial charge in [0.25, 0.3) is 0 Å². The first-order valence-electron chi connectivity index (χ1n) is 10.5. The van der Waals surface area contributed by atoms with Crippen LogP contribution in [0, 0.1) is 17.1 Å². The van der Waals surface area contributed by atoms with Gasteiger partial charge in [0.05, 0.1) is 17.2 Å². The number of benzene rings is 3. The molecule has 2 aliphatic rings. The minimum Gasteiger partial charge on any atom is -0.457 e. The summed E-state index contributed by atoms with van der Waals surface area (Å²) in [5.41, 5.74) is 6.31. The summed E-state index contributed by atoms with van der Waals surface area (Å²) in [6, 6.07) is 18.0. The van der Waals surface area contributed by atoms with Gasteiger partial charge in [0.15, 0.2) is 0 Å². The first kappa shape index (κ1) is 20.4. The van der Waals surface area contributed by atoms with Crippen molar-refractivity contribution in [2.45, 2.75) is 25.7 Å². The van der Waals surface area contributed by atoms with Crippen LogP contribution in [0.2, 0.25) is 0 Å². The first-order chi connectivity index (χ1) is 15.5. The Hall–Kier alpha value is -3.53. The molecule has 2 heterocycles. The third-order valence-electron chi connectivity index (χ3n) is 6.24. The quantitative estimate of drug-likeness (QED) is 0.633.